The van der Waals surface area contributed by atoms with E-state index in [0.29, 0.717) is 13.0 Å². The maximum Gasteiger partial charge on any atom is 0.251 e. The predicted octanol–water partition coefficient (Wildman–Crippen LogP) is 4.67. The number of hydrogen-bond donors (Lipinski definition) is 1. The fourth-order valence-corrected chi connectivity index (χ4v) is 3.71. The lowest BCUT2D eigenvalue weighted by Gasteiger charge is -2.11. The molecule has 4 nitrogen and oxygen atoms in total. The highest BCUT2D eigenvalue weighted by Crippen LogP contribution is 2.18. The fraction of sp³-hybridized carbons (Fsp3) is 0.200. The van der Waals surface area contributed by atoms with Crippen LogP contribution in [0, 0.1) is 13.8 Å². The molecule has 4 aromatic rings. The van der Waals surface area contributed by atoms with Crippen LogP contribution in [0.15, 0.2) is 72.8 Å². The summed E-state index contributed by atoms with van der Waals surface area (Å²) in [5.41, 5.74) is 6.23. The van der Waals surface area contributed by atoms with Gasteiger partial charge >= 0.3 is 0 Å². The summed E-state index contributed by atoms with van der Waals surface area (Å²) in [4.78, 5) is 17.4. The van der Waals surface area contributed by atoms with Crippen molar-refractivity contribution in [2.75, 3.05) is 6.54 Å². The first-order valence-corrected chi connectivity index (χ1v) is 9.95. The lowest BCUT2D eigenvalue weighted by molar-refractivity contribution is 0.0953. The summed E-state index contributed by atoms with van der Waals surface area (Å²) in [5, 5.41) is 3.05. The molecule has 0 aliphatic carbocycles. The highest BCUT2D eigenvalue weighted by atomic mass is 16.1. The second-order valence-corrected chi connectivity index (χ2v) is 7.41. The van der Waals surface area contributed by atoms with Crippen LogP contribution in [0.25, 0.3) is 11.0 Å². The van der Waals surface area contributed by atoms with Crippen molar-refractivity contribution in [1.29, 1.82) is 0 Å². The van der Waals surface area contributed by atoms with Crippen LogP contribution in [0.1, 0.15) is 32.9 Å². The molecule has 0 saturated heterocycles. The van der Waals surface area contributed by atoms with Crippen LogP contribution >= 0.6 is 0 Å². The summed E-state index contributed by atoms with van der Waals surface area (Å²) < 4.78 is 2.24. The van der Waals surface area contributed by atoms with Crippen molar-refractivity contribution in [3.8, 4) is 0 Å². The predicted molar refractivity (Wildman–Crippen MR) is 117 cm³/mol. The number of carbonyl (C=O) groups is 1. The van der Waals surface area contributed by atoms with Gasteiger partial charge in [-0.3, -0.25) is 4.79 Å². The second kappa shape index (κ2) is 8.31. The monoisotopic (exact) mass is 383 g/mol. The van der Waals surface area contributed by atoms with E-state index in [9.17, 15) is 4.79 Å². The molecule has 0 fully saturated rings. The maximum atomic E-state index is 12.6. The summed E-state index contributed by atoms with van der Waals surface area (Å²) in [5.74, 6) is 0.948. The third-order valence-electron chi connectivity index (χ3n) is 5.18. The number of benzene rings is 3. The molecule has 4 rings (SSSR count). The van der Waals surface area contributed by atoms with Crippen molar-refractivity contribution in [3.63, 3.8) is 0 Å². The van der Waals surface area contributed by atoms with E-state index in [2.05, 4.69) is 40.2 Å². The van der Waals surface area contributed by atoms with Gasteiger partial charge in [-0.1, -0.05) is 60.2 Å². The minimum atomic E-state index is -0.0341. The number of carbonyl (C=O) groups excluding carboxylic acids is 1. The smallest absolute Gasteiger partial charge is 0.251 e. The van der Waals surface area contributed by atoms with Crippen molar-refractivity contribution in [2.24, 2.45) is 0 Å². The van der Waals surface area contributed by atoms with Gasteiger partial charge in [-0.05, 0) is 43.2 Å². The van der Waals surface area contributed by atoms with Gasteiger partial charge in [0.05, 0.1) is 11.0 Å². The fourth-order valence-electron chi connectivity index (χ4n) is 3.71. The number of hydrogen-bond acceptors (Lipinski definition) is 2. The van der Waals surface area contributed by atoms with E-state index < -0.39 is 0 Å². The molecule has 0 aliphatic rings. The number of imidazole rings is 1. The Bertz CT molecular complexity index is 1150. The summed E-state index contributed by atoms with van der Waals surface area (Å²) in [6.07, 6.45) is 0.679. The molecular weight excluding hydrogens is 358 g/mol. The zero-order valence-corrected chi connectivity index (χ0v) is 16.9. The van der Waals surface area contributed by atoms with Gasteiger partial charge < -0.3 is 9.88 Å². The van der Waals surface area contributed by atoms with Crippen LogP contribution in [0.4, 0.5) is 0 Å². The minimum absolute atomic E-state index is 0.0341. The Morgan fingerprint density at radius 2 is 1.72 bits per heavy atom. The van der Waals surface area contributed by atoms with Gasteiger partial charge in [0.2, 0.25) is 0 Å². The molecule has 4 heteroatoms. The van der Waals surface area contributed by atoms with Gasteiger partial charge in [0, 0.05) is 25.1 Å². The number of aromatic nitrogens is 2. The van der Waals surface area contributed by atoms with Crippen LogP contribution < -0.4 is 5.32 Å². The Morgan fingerprint density at radius 1 is 0.966 bits per heavy atom. The molecule has 1 aromatic heterocycles. The number of para-hydroxylation sites is 2. The van der Waals surface area contributed by atoms with Crippen molar-refractivity contribution in [3.05, 3.63) is 101 Å². The molecule has 1 heterocycles. The number of fused-ring (bicyclic) bond motifs is 1. The summed E-state index contributed by atoms with van der Waals surface area (Å²) >= 11 is 0. The second-order valence-electron chi connectivity index (χ2n) is 7.41. The van der Waals surface area contributed by atoms with E-state index in [1.807, 2.05) is 56.3 Å². The van der Waals surface area contributed by atoms with Crippen LogP contribution in [0.5, 0.6) is 0 Å². The van der Waals surface area contributed by atoms with Crippen LogP contribution in [-0.4, -0.2) is 22.0 Å². The SMILES string of the molecule is Cc1ccc(C(=O)NCCc2nc3ccccc3n2Cc2ccccc2)c(C)c1. The Kier molecular flexibility index (Phi) is 5.43. The number of nitrogens with one attached hydrogen (secondary N) is 1. The first-order valence-electron chi connectivity index (χ1n) is 9.95. The zero-order chi connectivity index (χ0) is 20.2. The van der Waals surface area contributed by atoms with Crippen molar-refractivity contribution in [1.82, 2.24) is 14.9 Å². The number of aryl methyl sites for hydroxylation is 2. The van der Waals surface area contributed by atoms with Crippen LogP contribution in [-0.2, 0) is 13.0 Å². The number of amides is 1. The van der Waals surface area contributed by atoms with Crippen molar-refractivity contribution < 1.29 is 4.79 Å². The first-order chi connectivity index (χ1) is 14.1. The molecule has 0 aliphatic heterocycles. The summed E-state index contributed by atoms with van der Waals surface area (Å²) in [6.45, 7) is 5.32. The number of rotatable bonds is 6. The van der Waals surface area contributed by atoms with Gasteiger partial charge in [0.25, 0.3) is 5.91 Å². The lowest BCUT2D eigenvalue weighted by atomic mass is 10.1. The summed E-state index contributed by atoms with van der Waals surface area (Å²) in [6, 6.07) is 24.5. The molecule has 0 bridgehead atoms. The molecule has 0 atom stereocenters. The van der Waals surface area contributed by atoms with Gasteiger partial charge in [0.15, 0.2) is 0 Å². The molecule has 3 aromatic carbocycles. The van der Waals surface area contributed by atoms with Gasteiger partial charge in [0.1, 0.15) is 5.82 Å². The molecular formula is C25H25N3O. The van der Waals surface area contributed by atoms with E-state index in [1.165, 1.54) is 5.56 Å². The molecule has 0 saturated carbocycles. The Morgan fingerprint density at radius 3 is 2.52 bits per heavy atom. The summed E-state index contributed by atoms with van der Waals surface area (Å²) in [7, 11) is 0. The molecule has 1 N–H and O–H groups in total. The maximum absolute atomic E-state index is 12.6. The Hall–Kier alpha value is -3.40. The largest absolute Gasteiger partial charge is 0.352 e. The highest BCUT2D eigenvalue weighted by Gasteiger charge is 2.13. The van der Waals surface area contributed by atoms with Crippen molar-refractivity contribution >= 4 is 16.9 Å². The highest BCUT2D eigenvalue weighted by molar-refractivity contribution is 5.95. The minimum Gasteiger partial charge on any atom is -0.352 e. The van der Waals surface area contributed by atoms with E-state index >= 15 is 0 Å². The van der Waals surface area contributed by atoms with E-state index in [4.69, 9.17) is 4.98 Å². The van der Waals surface area contributed by atoms with Crippen molar-refractivity contribution in [2.45, 2.75) is 26.8 Å². The quantitative estimate of drug-likeness (QED) is 0.526. The standard InChI is InChI=1S/C25H25N3O/c1-18-12-13-21(19(2)16-18)25(29)26-15-14-24-27-22-10-6-7-11-23(22)28(24)17-20-8-4-3-5-9-20/h3-13,16H,14-15,17H2,1-2H3,(H,26,29). The molecule has 1 amide bonds. The zero-order valence-electron chi connectivity index (χ0n) is 16.9. The Balaban J connectivity index is 1.51. The van der Waals surface area contributed by atoms with E-state index in [-0.39, 0.29) is 5.91 Å². The lowest BCUT2D eigenvalue weighted by Crippen LogP contribution is -2.27. The van der Waals surface area contributed by atoms with Gasteiger partial charge in [-0.25, -0.2) is 4.98 Å². The Labute approximate surface area is 171 Å². The molecule has 0 unspecified atom stereocenters. The average molecular weight is 383 g/mol. The first kappa shape index (κ1) is 18.9. The van der Waals surface area contributed by atoms with Gasteiger partial charge in [-0.15, -0.1) is 0 Å². The molecule has 146 valence electrons. The normalized spacial score (nSPS) is 11.0. The van der Waals surface area contributed by atoms with E-state index in [0.717, 1.165) is 40.1 Å². The third kappa shape index (κ3) is 4.21. The van der Waals surface area contributed by atoms with Gasteiger partial charge in [-0.2, -0.15) is 0 Å². The molecule has 0 radical (unpaired) electrons. The number of nitrogens with zero attached hydrogens (tertiary/aromatic N) is 2. The average Bonchev–Trinajstić information content (AvgIpc) is 3.06. The molecule has 0 spiro atoms. The van der Waals surface area contributed by atoms with E-state index in [1.54, 1.807) is 0 Å². The third-order valence-corrected chi connectivity index (χ3v) is 5.18. The topological polar surface area (TPSA) is 46.9 Å². The van der Waals surface area contributed by atoms with Crippen LogP contribution in [0.2, 0.25) is 0 Å². The van der Waals surface area contributed by atoms with Crippen LogP contribution in [0.3, 0.4) is 0 Å². The molecule has 29 heavy (non-hydrogen) atoms.